The maximum Gasteiger partial charge on any atom is 0.190 e. The Bertz CT molecular complexity index is 1370. The second-order valence-electron chi connectivity index (χ2n) is 9.11. The molecular weight excluding hydrogens is 440 g/mol. The first kappa shape index (κ1) is 20.8. The van der Waals surface area contributed by atoms with Crippen molar-refractivity contribution < 1.29 is 8.78 Å². The number of benzene rings is 1. The van der Waals surface area contributed by atoms with E-state index in [1.54, 1.807) is 18.5 Å². The molecule has 9 nitrogen and oxygen atoms in total. The molecule has 0 bridgehead atoms. The lowest BCUT2D eigenvalue weighted by Gasteiger charge is -2.12. The number of nitrogens with one attached hydrogen (secondary N) is 1. The normalized spacial score (nSPS) is 21.8. The largest absolute Gasteiger partial charge is 0.383 e. The molecule has 0 amide bonds. The van der Waals surface area contributed by atoms with Crippen LogP contribution < -0.4 is 11.1 Å². The summed E-state index contributed by atoms with van der Waals surface area (Å²) in [6, 6.07) is 5.08. The van der Waals surface area contributed by atoms with Crippen molar-refractivity contribution in [3.63, 3.8) is 0 Å². The molecule has 2 unspecified atom stereocenters. The summed E-state index contributed by atoms with van der Waals surface area (Å²) in [5.74, 6) is -0.206. The number of pyridine rings is 1. The van der Waals surface area contributed by atoms with E-state index in [-0.39, 0.29) is 22.9 Å². The van der Waals surface area contributed by atoms with Crippen molar-refractivity contribution in [1.29, 1.82) is 0 Å². The minimum atomic E-state index is -1.03. The fraction of sp³-hybridized carbons (Fsp3) is 0.348. The fourth-order valence-electron chi connectivity index (χ4n) is 5.17. The summed E-state index contributed by atoms with van der Waals surface area (Å²) >= 11 is 0. The van der Waals surface area contributed by atoms with Gasteiger partial charge in [-0.1, -0.05) is 6.07 Å². The van der Waals surface area contributed by atoms with Crippen LogP contribution >= 0.6 is 0 Å². The van der Waals surface area contributed by atoms with E-state index in [0.717, 1.165) is 41.7 Å². The van der Waals surface area contributed by atoms with Gasteiger partial charge in [0.2, 0.25) is 0 Å². The van der Waals surface area contributed by atoms with Gasteiger partial charge in [-0.15, -0.1) is 5.10 Å². The van der Waals surface area contributed by atoms with Crippen LogP contribution in [0.4, 0.5) is 14.6 Å². The number of tetrazole rings is 1. The van der Waals surface area contributed by atoms with Crippen LogP contribution in [0.25, 0.3) is 28.2 Å². The molecule has 2 aliphatic rings. The van der Waals surface area contributed by atoms with Gasteiger partial charge in [0, 0.05) is 23.5 Å². The summed E-state index contributed by atoms with van der Waals surface area (Å²) in [7, 11) is 0. The zero-order valence-electron chi connectivity index (χ0n) is 18.5. The molecule has 11 heteroatoms. The molecule has 34 heavy (non-hydrogen) atoms. The molecule has 1 saturated heterocycles. The molecule has 0 radical (unpaired) electrons. The topological polar surface area (TPSA) is 112 Å². The number of rotatable bonds is 4. The van der Waals surface area contributed by atoms with E-state index in [9.17, 15) is 8.78 Å². The summed E-state index contributed by atoms with van der Waals surface area (Å²) in [6.45, 7) is 3.66. The maximum atomic E-state index is 14.6. The quantitative estimate of drug-likeness (QED) is 0.479. The van der Waals surface area contributed by atoms with Crippen molar-refractivity contribution in [3.8, 4) is 28.2 Å². The second kappa shape index (κ2) is 7.94. The smallest absolute Gasteiger partial charge is 0.190 e. The highest BCUT2D eigenvalue weighted by atomic mass is 19.2. The first-order chi connectivity index (χ1) is 16.5. The minimum absolute atomic E-state index is 0.109. The Morgan fingerprint density at radius 2 is 1.85 bits per heavy atom. The number of aromatic nitrogens is 7. The molecule has 6 rings (SSSR count). The van der Waals surface area contributed by atoms with E-state index in [1.165, 1.54) is 19.1 Å². The van der Waals surface area contributed by atoms with Gasteiger partial charge in [-0.3, -0.25) is 4.68 Å². The second-order valence-corrected chi connectivity index (χ2v) is 9.11. The number of fused-ring (bicyclic) bond motifs is 1. The van der Waals surface area contributed by atoms with Gasteiger partial charge in [0.15, 0.2) is 17.5 Å². The average Bonchev–Trinajstić information content (AvgIpc) is 3.61. The van der Waals surface area contributed by atoms with E-state index < -0.39 is 11.6 Å². The number of nitrogens with two attached hydrogens (primary N) is 1. The van der Waals surface area contributed by atoms with E-state index in [2.05, 4.69) is 30.9 Å². The van der Waals surface area contributed by atoms with Crippen LogP contribution in [0.2, 0.25) is 0 Å². The summed E-state index contributed by atoms with van der Waals surface area (Å²) in [5, 5.41) is 19.6. The van der Waals surface area contributed by atoms with Gasteiger partial charge in [-0.05, 0) is 72.8 Å². The Kier molecular flexibility index (Phi) is 4.87. The number of nitrogen functional groups attached to an aromatic ring is 1. The van der Waals surface area contributed by atoms with E-state index in [1.807, 2.05) is 10.9 Å². The number of anilines is 1. The number of hydrogen-bond donors (Lipinski definition) is 2. The molecule has 174 valence electrons. The van der Waals surface area contributed by atoms with Crippen molar-refractivity contribution in [2.24, 2.45) is 11.8 Å². The average molecular weight is 463 g/mol. The summed E-state index contributed by atoms with van der Waals surface area (Å²) in [6.07, 6.45) is 7.73. The van der Waals surface area contributed by atoms with E-state index in [4.69, 9.17) is 5.73 Å². The monoisotopic (exact) mass is 463 g/mol. The Labute approximate surface area is 194 Å². The molecule has 1 aliphatic carbocycles. The van der Waals surface area contributed by atoms with Gasteiger partial charge >= 0.3 is 0 Å². The van der Waals surface area contributed by atoms with Crippen LogP contribution in [0.15, 0.2) is 36.8 Å². The molecule has 3 atom stereocenters. The zero-order chi connectivity index (χ0) is 23.4. The molecular formula is C23H23F2N9. The molecule has 0 spiro atoms. The van der Waals surface area contributed by atoms with Crippen LogP contribution in [0.5, 0.6) is 0 Å². The van der Waals surface area contributed by atoms with E-state index in [0.29, 0.717) is 23.4 Å². The van der Waals surface area contributed by atoms with Crippen LogP contribution in [-0.4, -0.2) is 48.1 Å². The third-order valence-electron chi connectivity index (χ3n) is 7.05. The molecule has 4 aromatic rings. The van der Waals surface area contributed by atoms with Gasteiger partial charge in [0.1, 0.15) is 11.5 Å². The molecule has 1 saturated carbocycles. The van der Waals surface area contributed by atoms with E-state index >= 15 is 0 Å². The zero-order valence-corrected chi connectivity index (χ0v) is 18.5. The van der Waals surface area contributed by atoms with Crippen LogP contribution in [-0.2, 0) is 0 Å². The predicted molar refractivity (Wildman–Crippen MR) is 121 cm³/mol. The first-order valence-electron chi connectivity index (χ1n) is 11.2. The third-order valence-corrected chi connectivity index (χ3v) is 7.05. The lowest BCUT2D eigenvalue weighted by atomic mass is 10.0. The lowest BCUT2D eigenvalue weighted by Crippen LogP contribution is -2.14. The Balaban J connectivity index is 1.34. The summed E-state index contributed by atoms with van der Waals surface area (Å²) < 4.78 is 32.0. The summed E-state index contributed by atoms with van der Waals surface area (Å²) in [5.41, 5.74) is 8.30. The number of hydrogen-bond acceptors (Lipinski definition) is 7. The van der Waals surface area contributed by atoms with Crippen molar-refractivity contribution >= 4 is 5.82 Å². The highest BCUT2D eigenvalue weighted by Crippen LogP contribution is 2.41. The van der Waals surface area contributed by atoms with Gasteiger partial charge < -0.3 is 11.1 Å². The van der Waals surface area contributed by atoms with Gasteiger partial charge in [0.05, 0.1) is 17.8 Å². The minimum Gasteiger partial charge on any atom is -0.383 e. The van der Waals surface area contributed by atoms with Crippen molar-refractivity contribution in [2.45, 2.75) is 25.8 Å². The van der Waals surface area contributed by atoms with Gasteiger partial charge in [-0.2, -0.15) is 9.78 Å². The molecule has 3 N–H and O–H groups in total. The van der Waals surface area contributed by atoms with Gasteiger partial charge in [0.25, 0.3) is 0 Å². The standard InChI is InChI=1S/C23H23F2N9/c1-12-2-3-19(21(25)20(12)24)34-23(30-31-32-34)18-6-15(9-28-22(18)26)16-10-29-33(11-16)17-4-13-7-27-8-14(13)5-17/h2-3,6,9-11,13-14,17,27H,4-5,7-8H2,1H3,(H2,26,28)/t13-,14?,17?/m1/s1. The summed E-state index contributed by atoms with van der Waals surface area (Å²) in [4.78, 5) is 4.31. The Morgan fingerprint density at radius 1 is 1.06 bits per heavy atom. The Morgan fingerprint density at radius 3 is 2.65 bits per heavy atom. The highest BCUT2D eigenvalue weighted by Gasteiger charge is 2.38. The number of aryl methyl sites for hydroxylation is 1. The van der Waals surface area contributed by atoms with Crippen molar-refractivity contribution in [2.75, 3.05) is 18.8 Å². The highest BCUT2D eigenvalue weighted by molar-refractivity contribution is 5.76. The first-order valence-corrected chi connectivity index (χ1v) is 11.2. The predicted octanol–water partition coefficient (Wildman–Crippen LogP) is 2.93. The third kappa shape index (κ3) is 3.35. The lowest BCUT2D eigenvalue weighted by molar-refractivity contribution is 0.433. The van der Waals surface area contributed by atoms with Crippen molar-refractivity contribution in [3.05, 3.63) is 54.0 Å². The molecule has 2 fully saturated rings. The Hall–Kier alpha value is -3.73. The molecule has 3 aromatic heterocycles. The van der Waals surface area contributed by atoms with Crippen molar-refractivity contribution in [1.82, 2.24) is 40.3 Å². The molecule has 1 aromatic carbocycles. The number of halogens is 2. The maximum absolute atomic E-state index is 14.6. The van der Waals surface area contributed by atoms with Gasteiger partial charge in [-0.25, -0.2) is 13.8 Å². The molecule has 1 aliphatic heterocycles. The number of nitrogens with zero attached hydrogens (tertiary/aromatic N) is 7. The van der Waals surface area contributed by atoms with Crippen LogP contribution in [0.3, 0.4) is 0 Å². The molecule has 4 heterocycles. The van der Waals surface area contributed by atoms with Crippen LogP contribution in [0, 0.1) is 30.4 Å². The SMILES string of the molecule is Cc1ccc(-n2nnnc2-c2cc(-c3cnn(C4CC5CNC[C@H]5C4)c3)cnc2N)c(F)c1F. The fourth-order valence-corrected chi connectivity index (χ4v) is 5.17. The van der Waals surface area contributed by atoms with Crippen LogP contribution in [0.1, 0.15) is 24.4 Å².